The quantitative estimate of drug-likeness (QED) is 0.0244. The van der Waals surface area contributed by atoms with Crippen molar-refractivity contribution in [1.29, 1.82) is 0 Å². The monoisotopic (exact) mass is 866 g/mol. The Morgan fingerprint density at radius 2 is 1.00 bits per heavy atom. The van der Waals surface area contributed by atoms with Crippen LogP contribution in [0.5, 0.6) is 0 Å². The Balaban J connectivity index is 4.31. The molecule has 3 atom stereocenters. The predicted molar refractivity (Wildman–Crippen MR) is 258 cm³/mol. The van der Waals surface area contributed by atoms with Crippen molar-refractivity contribution < 1.29 is 32.9 Å². The lowest BCUT2D eigenvalue weighted by Crippen LogP contribution is -2.46. The molecule has 0 heterocycles. The fraction of sp³-hybridized carbons (Fsp3) is 0.824. The molecule has 0 spiro atoms. The normalized spacial score (nSPS) is 14.6. The first kappa shape index (κ1) is 58.5. The number of quaternary nitrogens is 1. The molecule has 9 heteroatoms. The fourth-order valence-corrected chi connectivity index (χ4v) is 7.89. The van der Waals surface area contributed by atoms with Crippen LogP contribution in [0.3, 0.4) is 0 Å². The van der Waals surface area contributed by atoms with Gasteiger partial charge in [-0.2, -0.15) is 0 Å². The highest BCUT2D eigenvalue weighted by Crippen LogP contribution is 2.43. The molecule has 0 aliphatic rings. The van der Waals surface area contributed by atoms with E-state index in [0.717, 1.165) is 77.0 Å². The van der Waals surface area contributed by atoms with Crippen molar-refractivity contribution in [2.45, 2.75) is 231 Å². The van der Waals surface area contributed by atoms with Crippen LogP contribution in [-0.2, 0) is 18.4 Å². The van der Waals surface area contributed by atoms with Crippen molar-refractivity contribution in [2.24, 2.45) is 0 Å². The van der Waals surface area contributed by atoms with E-state index in [-0.39, 0.29) is 19.1 Å². The molecular formula is C51H98N2O6P+. The van der Waals surface area contributed by atoms with Crippen LogP contribution in [-0.4, -0.2) is 73.4 Å². The number of carbonyl (C=O) groups is 1. The fourth-order valence-electron chi connectivity index (χ4n) is 7.16. The average Bonchev–Trinajstić information content (AvgIpc) is 3.20. The molecule has 0 rings (SSSR count). The highest BCUT2D eigenvalue weighted by Gasteiger charge is 2.28. The second-order valence-electron chi connectivity index (χ2n) is 18.2. The number of amides is 1. The molecule has 0 radical (unpaired) electrons. The largest absolute Gasteiger partial charge is 0.472 e. The summed E-state index contributed by atoms with van der Waals surface area (Å²) in [6.45, 7) is 4.76. The molecule has 60 heavy (non-hydrogen) atoms. The molecule has 0 aliphatic carbocycles. The van der Waals surface area contributed by atoms with Crippen molar-refractivity contribution in [3.63, 3.8) is 0 Å². The summed E-state index contributed by atoms with van der Waals surface area (Å²) in [7, 11) is 1.60. The number of hydrogen-bond donors (Lipinski definition) is 3. The van der Waals surface area contributed by atoms with E-state index in [9.17, 15) is 19.4 Å². The summed E-state index contributed by atoms with van der Waals surface area (Å²) in [6.07, 6.45) is 54.3. The van der Waals surface area contributed by atoms with Crippen molar-refractivity contribution in [2.75, 3.05) is 40.9 Å². The Bertz CT molecular complexity index is 1120. The lowest BCUT2D eigenvalue weighted by Gasteiger charge is -2.26. The third-order valence-corrected chi connectivity index (χ3v) is 12.1. The van der Waals surface area contributed by atoms with Gasteiger partial charge in [0.25, 0.3) is 0 Å². The summed E-state index contributed by atoms with van der Waals surface area (Å²) in [5, 5.41) is 14.0. The van der Waals surface area contributed by atoms with Gasteiger partial charge in [0.2, 0.25) is 5.91 Å². The summed E-state index contributed by atoms with van der Waals surface area (Å²) in [4.78, 5) is 23.2. The lowest BCUT2D eigenvalue weighted by atomic mass is 10.0. The van der Waals surface area contributed by atoms with Crippen LogP contribution < -0.4 is 5.32 Å². The summed E-state index contributed by atoms with van der Waals surface area (Å²) in [5.41, 5.74) is 0. The summed E-state index contributed by atoms with van der Waals surface area (Å²) in [6, 6.07) is -0.775. The van der Waals surface area contributed by atoms with Gasteiger partial charge in [-0.15, -0.1) is 0 Å². The minimum absolute atomic E-state index is 0.0680. The van der Waals surface area contributed by atoms with Gasteiger partial charge in [0.15, 0.2) is 0 Å². The molecule has 0 aromatic carbocycles. The smallest absolute Gasteiger partial charge is 0.391 e. The molecule has 0 bridgehead atoms. The number of likely N-dealkylation sites (N-methyl/N-ethyl adjacent to an activating group) is 1. The first-order valence-corrected chi connectivity index (χ1v) is 26.5. The number of phosphoric ester groups is 1. The van der Waals surface area contributed by atoms with E-state index in [4.69, 9.17) is 9.05 Å². The topological polar surface area (TPSA) is 105 Å². The second kappa shape index (κ2) is 42.7. The molecule has 1 amide bonds. The Morgan fingerprint density at radius 3 is 1.47 bits per heavy atom. The molecule has 0 saturated carbocycles. The van der Waals surface area contributed by atoms with Crippen molar-refractivity contribution in [3.8, 4) is 0 Å². The summed E-state index contributed by atoms with van der Waals surface area (Å²) < 4.78 is 23.7. The number of rotatable bonds is 45. The number of aliphatic hydroxyl groups excluding tert-OH is 1. The van der Waals surface area contributed by atoms with E-state index in [1.807, 2.05) is 21.1 Å². The van der Waals surface area contributed by atoms with E-state index < -0.39 is 20.0 Å². The van der Waals surface area contributed by atoms with Crippen molar-refractivity contribution >= 4 is 13.7 Å². The Hall–Kier alpha value is -1.54. The standard InChI is InChI=1S/C51H97N2O6P/c1-6-8-10-12-14-16-18-20-22-24-25-26-27-29-30-32-34-36-38-40-42-44-50(54)49(48-59-60(56,57)58-47-46-53(3,4)5)52-51(55)45-43-41-39-37-35-33-31-28-23-21-19-17-15-13-11-9-7-2/h9,11,15,17,21,23,31,33,49-50,54H,6-8,10,12-14,16,18-20,22,24-30,32,34-48H2,1-5H3,(H-,52,55,56,57)/p+1/b11-9-,17-15-,23-21-,33-31-. The molecule has 3 unspecified atom stereocenters. The minimum Gasteiger partial charge on any atom is -0.391 e. The van der Waals surface area contributed by atoms with E-state index in [1.165, 1.54) is 116 Å². The zero-order valence-corrected chi connectivity index (χ0v) is 40.8. The van der Waals surface area contributed by atoms with Gasteiger partial charge in [0.1, 0.15) is 13.2 Å². The SMILES string of the molecule is CC/C=C\C/C=C\C/C=C\C/C=C\CCCCCCC(=O)NC(COP(=O)(O)OCC[N+](C)(C)C)C(O)CCCCCCCCCCCCCCCCCCCCCCC. The second-order valence-corrected chi connectivity index (χ2v) is 19.6. The molecule has 352 valence electrons. The molecule has 0 aromatic rings. The maximum absolute atomic E-state index is 12.9. The Kier molecular flexibility index (Phi) is 41.6. The Labute approximate surface area is 371 Å². The molecule has 3 N–H and O–H groups in total. The number of unbranched alkanes of at least 4 members (excludes halogenated alkanes) is 24. The summed E-state index contributed by atoms with van der Waals surface area (Å²) in [5.74, 6) is -0.167. The first-order valence-electron chi connectivity index (χ1n) is 25.0. The first-order chi connectivity index (χ1) is 29.0. The maximum Gasteiger partial charge on any atom is 0.472 e. The molecule has 0 saturated heterocycles. The number of carbonyl (C=O) groups excluding carboxylic acids is 1. The van der Waals surface area contributed by atoms with Crippen LogP contribution in [0, 0.1) is 0 Å². The minimum atomic E-state index is -4.33. The van der Waals surface area contributed by atoms with Gasteiger partial charge in [0, 0.05) is 6.42 Å². The van der Waals surface area contributed by atoms with E-state index >= 15 is 0 Å². The Morgan fingerprint density at radius 1 is 0.583 bits per heavy atom. The van der Waals surface area contributed by atoms with Gasteiger partial charge in [0.05, 0.1) is 39.9 Å². The zero-order valence-electron chi connectivity index (χ0n) is 39.9. The third-order valence-electron chi connectivity index (χ3n) is 11.1. The highest BCUT2D eigenvalue weighted by atomic mass is 31.2. The van der Waals surface area contributed by atoms with Crippen LogP contribution >= 0.6 is 7.82 Å². The van der Waals surface area contributed by atoms with Gasteiger partial charge in [-0.05, 0) is 51.4 Å². The predicted octanol–water partition coefficient (Wildman–Crippen LogP) is 14.4. The van der Waals surface area contributed by atoms with Crippen LogP contribution in [0.4, 0.5) is 0 Å². The number of phosphoric acid groups is 1. The lowest BCUT2D eigenvalue weighted by molar-refractivity contribution is -0.870. The van der Waals surface area contributed by atoms with Crippen molar-refractivity contribution in [3.05, 3.63) is 48.6 Å². The average molecular weight is 866 g/mol. The molecule has 0 aromatic heterocycles. The molecule has 0 aliphatic heterocycles. The molecular weight excluding hydrogens is 768 g/mol. The van der Waals surface area contributed by atoms with Gasteiger partial charge in [-0.3, -0.25) is 13.8 Å². The van der Waals surface area contributed by atoms with E-state index in [1.54, 1.807) is 0 Å². The van der Waals surface area contributed by atoms with Crippen LogP contribution in [0.25, 0.3) is 0 Å². The van der Waals surface area contributed by atoms with Crippen LogP contribution in [0.15, 0.2) is 48.6 Å². The number of nitrogens with zero attached hydrogens (tertiary/aromatic N) is 1. The molecule has 8 nitrogen and oxygen atoms in total. The highest BCUT2D eigenvalue weighted by molar-refractivity contribution is 7.47. The number of allylic oxidation sites excluding steroid dienone is 8. The third kappa shape index (κ3) is 44.5. The van der Waals surface area contributed by atoms with Crippen molar-refractivity contribution in [1.82, 2.24) is 5.32 Å². The van der Waals surface area contributed by atoms with Gasteiger partial charge in [-0.1, -0.05) is 210 Å². The van der Waals surface area contributed by atoms with E-state index in [2.05, 4.69) is 67.8 Å². The molecule has 0 fully saturated rings. The van der Waals surface area contributed by atoms with Gasteiger partial charge in [-0.25, -0.2) is 4.57 Å². The van der Waals surface area contributed by atoms with Gasteiger partial charge < -0.3 is 19.8 Å². The van der Waals surface area contributed by atoms with Crippen LogP contribution in [0.2, 0.25) is 0 Å². The maximum atomic E-state index is 12.9. The number of aliphatic hydroxyl groups is 1. The van der Waals surface area contributed by atoms with E-state index in [0.29, 0.717) is 23.9 Å². The number of nitrogens with one attached hydrogen (secondary N) is 1. The number of hydrogen-bond acceptors (Lipinski definition) is 5. The zero-order chi connectivity index (χ0) is 44.3. The van der Waals surface area contributed by atoms with Gasteiger partial charge >= 0.3 is 7.82 Å². The van der Waals surface area contributed by atoms with Crippen LogP contribution in [0.1, 0.15) is 219 Å². The summed E-state index contributed by atoms with van der Waals surface area (Å²) >= 11 is 0.